The van der Waals surface area contributed by atoms with E-state index in [0.717, 1.165) is 49.1 Å². The number of anilines is 6. The number of nitrogens with zero attached hydrogens (tertiary/aromatic N) is 12. The van der Waals surface area contributed by atoms with Gasteiger partial charge < -0.3 is 34.4 Å². The van der Waals surface area contributed by atoms with Crippen molar-refractivity contribution in [2.24, 2.45) is 0 Å². The Bertz CT molecular complexity index is 3740. The molecule has 0 aliphatic heterocycles. The van der Waals surface area contributed by atoms with Crippen LogP contribution in [0, 0.1) is 6.92 Å². The Morgan fingerprint density at radius 1 is 0.356 bits per heavy atom. The van der Waals surface area contributed by atoms with E-state index in [9.17, 15) is 0 Å². The number of nitrogens with two attached hydrogens (primary N) is 6. The van der Waals surface area contributed by atoms with Crippen LogP contribution in [0.3, 0.4) is 0 Å². The van der Waals surface area contributed by atoms with E-state index in [-0.39, 0.29) is 0 Å². The van der Waals surface area contributed by atoms with Gasteiger partial charge in [-0.15, -0.1) is 55.5 Å². The van der Waals surface area contributed by atoms with Crippen molar-refractivity contribution in [3.05, 3.63) is 222 Å². The zero-order valence-corrected chi connectivity index (χ0v) is 70.5. The number of rotatable bonds is 11. The van der Waals surface area contributed by atoms with Gasteiger partial charge in [0.15, 0.2) is 10.3 Å². The van der Waals surface area contributed by atoms with E-state index in [4.69, 9.17) is 34.4 Å². The molecule has 0 fully saturated rings. The van der Waals surface area contributed by atoms with Gasteiger partial charge in [-0.25, -0.2) is 29.9 Å². The average molecular weight is 1520 g/mol. The number of pyridine rings is 2. The molecule has 9 heterocycles. The second-order valence-electron chi connectivity index (χ2n) is 27.2. The molecule has 12 aromatic rings. The van der Waals surface area contributed by atoms with Crippen LogP contribution in [0.15, 0.2) is 158 Å². The maximum absolute atomic E-state index is 5.60. The molecule has 18 nitrogen and oxygen atoms in total. The Morgan fingerprint density at radius 3 is 1.28 bits per heavy atom. The van der Waals surface area contributed by atoms with Crippen molar-refractivity contribution in [1.29, 1.82) is 0 Å². The fraction of sp³-hybridized carbons (Fsp3) is 0.425. The standard InChI is InChI=1S/C10H11NS.C10H14.C9H13N.C8H12N2.C8H11N.C7H10N2.2C6H10N2S.C6H9NS.2C5H9N3S/c1-7(2)10-11-8-5-3-4-6-9(8)12-10;1-8(2)10-6-4-5-9(3)7-10;1-7(2)8-4-3-5-9(10)6-8;1-6(2)7-4-3-5-8(9)10-7;1-7(2)8-5-3-4-6-9-8;1-6(2)7-4-3-5-8-9-7;1-4(2)6-8-3-5(7)9-6;1-4(2)5-3-8-6(7)9-5;1-5(2)6-7-3-4-8-6;1-3(2)4-7-8-5(6)9-4;1-3(2)4-7-5(6)9-8-4/h3-7H,1-2H3;4-8H,1-3H3;3-7H,10H2,1-2H3;3-6H,1-2H3,(H2,9,10);3-7H,1-2H3;3-6H,1-2H3;3-4H,7H2,1-2H3;3-4H,1-2H3,(H2,7,8);3-5H,1-2H3;3H,1-2H3,(H2,6,8);3H,1-2H3,(H2,6,7,8). The smallest absolute Gasteiger partial charge is 0.203 e. The average Bonchev–Trinajstić information content (AvgIpc) is 1.69. The van der Waals surface area contributed by atoms with Crippen molar-refractivity contribution >= 4 is 110 Å². The van der Waals surface area contributed by atoms with Gasteiger partial charge in [-0.3, -0.25) is 4.98 Å². The Balaban J connectivity index is 0.000000389. The van der Waals surface area contributed by atoms with Crippen LogP contribution in [-0.4, -0.2) is 59.7 Å². The molecule has 12 rings (SSSR count). The van der Waals surface area contributed by atoms with E-state index >= 15 is 0 Å². The Labute approximate surface area is 646 Å². The second kappa shape index (κ2) is 50.2. The molecule has 0 saturated carbocycles. The van der Waals surface area contributed by atoms with Crippen molar-refractivity contribution < 1.29 is 0 Å². The van der Waals surface area contributed by atoms with Crippen molar-refractivity contribution in [2.45, 2.75) is 224 Å². The van der Waals surface area contributed by atoms with Gasteiger partial charge in [0, 0.05) is 93.2 Å². The third-order valence-electron chi connectivity index (χ3n) is 14.0. The number of thiazole rings is 4. The number of benzene rings is 3. The summed E-state index contributed by atoms with van der Waals surface area (Å²) in [5.41, 5.74) is 42.0. The van der Waals surface area contributed by atoms with E-state index in [2.05, 4.69) is 254 Å². The molecule has 0 atom stereocenters. The van der Waals surface area contributed by atoms with Gasteiger partial charge in [0.25, 0.3) is 0 Å². The summed E-state index contributed by atoms with van der Waals surface area (Å²) < 4.78 is 5.31. The molecule has 24 heteroatoms. The Hall–Kier alpha value is -8.26. The van der Waals surface area contributed by atoms with Crippen LogP contribution >= 0.6 is 68.2 Å². The highest BCUT2D eigenvalue weighted by Gasteiger charge is 2.09. The highest BCUT2D eigenvalue weighted by molar-refractivity contribution is 7.18. The fourth-order valence-corrected chi connectivity index (χ4v) is 12.0. The van der Waals surface area contributed by atoms with E-state index < -0.39 is 0 Å². The summed E-state index contributed by atoms with van der Waals surface area (Å²) in [6, 6.07) is 40.6. The highest BCUT2D eigenvalue weighted by Crippen LogP contribution is 2.28. The van der Waals surface area contributed by atoms with Crippen LogP contribution in [0.5, 0.6) is 0 Å². The second-order valence-corrected chi connectivity index (χ2v) is 33.2. The molecular formula is C80H118N18S6. The van der Waals surface area contributed by atoms with E-state index in [1.54, 1.807) is 63.8 Å². The van der Waals surface area contributed by atoms with Crippen LogP contribution in [0.2, 0.25) is 0 Å². The predicted molar refractivity (Wildman–Crippen MR) is 455 cm³/mol. The molecular weight excluding hydrogens is 1410 g/mol. The number of nitrogen functional groups attached to an aromatic ring is 6. The molecule has 3 aromatic carbocycles. The van der Waals surface area contributed by atoms with Crippen LogP contribution in [0.4, 0.5) is 31.9 Å². The van der Waals surface area contributed by atoms with Crippen LogP contribution in [-0.2, 0) is 0 Å². The lowest BCUT2D eigenvalue weighted by atomic mass is 10.0. The molecule has 9 aromatic heterocycles. The summed E-state index contributed by atoms with van der Waals surface area (Å²) in [4.78, 5) is 30.3. The SMILES string of the molecule is CC(C)c1cccc(N)c1.CC(C)c1cccc(N)n1.CC(C)c1ccccn1.CC(C)c1cccnn1.CC(C)c1cnc(N)s1.CC(C)c1nc2ccccc2s1.CC(C)c1ncc(N)s1.CC(C)c1nccs1.CC(C)c1nnc(N)s1.CC(C)c1nsc(N)n1.Cc1cccc(C(C)C)c1. The molecule has 564 valence electrons. The monoisotopic (exact) mass is 1520 g/mol. The molecule has 0 aliphatic carbocycles. The van der Waals surface area contributed by atoms with Crippen LogP contribution < -0.4 is 34.4 Å². The number of aryl methyl sites for hydroxylation is 1. The summed E-state index contributed by atoms with van der Waals surface area (Å²) in [6.45, 7) is 48.9. The van der Waals surface area contributed by atoms with Crippen LogP contribution in [0.1, 0.15) is 282 Å². The molecule has 104 heavy (non-hydrogen) atoms. The first kappa shape index (κ1) is 91.8. The lowest BCUT2D eigenvalue weighted by Gasteiger charge is -2.04. The number of para-hydroxylation sites is 1. The summed E-state index contributed by atoms with van der Waals surface area (Å²) in [5, 5.41) is 24.4. The van der Waals surface area contributed by atoms with Crippen molar-refractivity contribution in [2.75, 3.05) is 34.4 Å². The minimum absolute atomic E-state index is 0.388. The normalized spacial score (nSPS) is 10.5. The van der Waals surface area contributed by atoms with Gasteiger partial charge >= 0.3 is 0 Å². The molecule has 0 spiro atoms. The number of fused-ring (bicyclic) bond motifs is 1. The van der Waals surface area contributed by atoms with Crippen molar-refractivity contribution in [3.63, 3.8) is 0 Å². The van der Waals surface area contributed by atoms with Gasteiger partial charge in [0.2, 0.25) is 5.13 Å². The third-order valence-corrected chi connectivity index (χ3v) is 20.2. The van der Waals surface area contributed by atoms with Gasteiger partial charge in [-0.05, 0) is 114 Å². The maximum Gasteiger partial charge on any atom is 0.203 e. The first-order valence-electron chi connectivity index (χ1n) is 35.3. The molecule has 0 amide bonds. The molecule has 0 bridgehead atoms. The van der Waals surface area contributed by atoms with Gasteiger partial charge in [-0.2, -0.15) is 14.6 Å². The molecule has 0 aliphatic rings. The number of aromatic nitrogens is 12. The minimum Gasteiger partial charge on any atom is -0.399 e. The van der Waals surface area contributed by atoms with E-state index in [1.165, 1.54) is 59.2 Å². The number of hydrogen-bond acceptors (Lipinski definition) is 24. The number of hydrogen-bond donors (Lipinski definition) is 6. The summed E-state index contributed by atoms with van der Waals surface area (Å²) in [7, 11) is 0. The summed E-state index contributed by atoms with van der Waals surface area (Å²) >= 11 is 9.34. The van der Waals surface area contributed by atoms with Crippen LogP contribution in [0.25, 0.3) is 10.2 Å². The zero-order chi connectivity index (χ0) is 78.0. The molecule has 0 radical (unpaired) electrons. The Kier molecular flexibility index (Phi) is 44.3. The van der Waals surface area contributed by atoms with Gasteiger partial charge in [-0.1, -0.05) is 230 Å². The maximum atomic E-state index is 5.60. The predicted octanol–water partition coefficient (Wildman–Crippen LogP) is 23.0. The Morgan fingerprint density at radius 2 is 0.942 bits per heavy atom. The fourth-order valence-electron chi connectivity index (χ4n) is 7.83. The van der Waals surface area contributed by atoms with E-state index in [1.807, 2.05) is 105 Å². The third kappa shape index (κ3) is 39.0. The topological polar surface area (TPSA) is 311 Å². The van der Waals surface area contributed by atoms with Gasteiger partial charge in [0.1, 0.15) is 21.7 Å². The molecule has 12 N–H and O–H groups in total. The lowest BCUT2D eigenvalue weighted by Crippen LogP contribution is -1.95. The lowest BCUT2D eigenvalue weighted by molar-refractivity contribution is 0.785. The van der Waals surface area contributed by atoms with Crippen molar-refractivity contribution in [3.8, 4) is 0 Å². The largest absolute Gasteiger partial charge is 0.399 e. The molecule has 0 unspecified atom stereocenters. The first-order valence-corrected chi connectivity index (χ1v) is 40.2. The summed E-state index contributed by atoms with van der Waals surface area (Å²) in [5.74, 6) is 7.20. The molecule has 0 saturated heterocycles. The summed E-state index contributed by atoms with van der Waals surface area (Å²) in [6.07, 6.45) is 8.91. The van der Waals surface area contributed by atoms with Gasteiger partial charge in [0.05, 0.1) is 37.1 Å². The van der Waals surface area contributed by atoms with Crippen molar-refractivity contribution in [1.82, 2.24) is 59.7 Å². The quantitative estimate of drug-likeness (QED) is 0.0656. The highest BCUT2D eigenvalue weighted by atomic mass is 32.1. The van der Waals surface area contributed by atoms with E-state index in [0.29, 0.717) is 86.3 Å². The zero-order valence-electron chi connectivity index (χ0n) is 65.6. The first-order chi connectivity index (χ1) is 49.1. The minimum atomic E-state index is 0.388.